The first-order valence-corrected chi connectivity index (χ1v) is 2.56. The van der Waals surface area contributed by atoms with Crippen molar-refractivity contribution in [2.45, 2.75) is 0 Å². The van der Waals surface area contributed by atoms with Crippen LogP contribution >= 0.6 is 12.2 Å². The Hall–Kier alpha value is -1.37. The number of carbonyl (C=O) groups is 1. The maximum atomic E-state index is 9.84. The van der Waals surface area contributed by atoms with Gasteiger partial charge in [-0.15, -0.1) is 0 Å². The van der Waals surface area contributed by atoms with E-state index in [2.05, 4.69) is 17.2 Å². The van der Waals surface area contributed by atoms with Crippen LogP contribution in [0.25, 0.3) is 0 Å². The third-order valence-corrected chi connectivity index (χ3v) is 0.557. The number of hydrogen-bond donors (Lipinski definition) is 4. The van der Waals surface area contributed by atoms with Gasteiger partial charge in [-0.3, -0.25) is 5.32 Å². The average molecular weight is 162 g/mol. The molecule has 0 radical (unpaired) electrons. The predicted molar refractivity (Wildman–Crippen MR) is 39.6 cm³/mol. The van der Waals surface area contributed by atoms with Crippen LogP contribution in [0.15, 0.2) is 4.99 Å². The third-order valence-electron chi connectivity index (χ3n) is 0.466. The summed E-state index contributed by atoms with van der Waals surface area (Å²) in [5, 5.41) is 9.58. The molecule has 0 aromatic rings. The van der Waals surface area contributed by atoms with Gasteiger partial charge in [0, 0.05) is 0 Å². The van der Waals surface area contributed by atoms with Crippen molar-refractivity contribution in [3.63, 3.8) is 0 Å². The van der Waals surface area contributed by atoms with Crippen molar-refractivity contribution >= 4 is 29.4 Å². The number of guanidine groups is 1. The minimum atomic E-state index is -1.31. The molecule has 0 aromatic heterocycles. The number of nitrogens with two attached hydrogens (primary N) is 2. The lowest BCUT2D eigenvalue weighted by Crippen LogP contribution is -2.36. The van der Waals surface area contributed by atoms with Gasteiger partial charge in [-0.1, -0.05) is 0 Å². The third kappa shape index (κ3) is 4.78. The first-order chi connectivity index (χ1) is 4.52. The van der Waals surface area contributed by atoms with E-state index in [0.717, 1.165) is 0 Å². The fourth-order valence-electron chi connectivity index (χ4n) is 0.256. The van der Waals surface area contributed by atoms with Crippen LogP contribution in [0.2, 0.25) is 0 Å². The van der Waals surface area contributed by atoms with Gasteiger partial charge in [-0.2, -0.15) is 4.99 Å². The van der Waals surface area contributed by atoms with E-state index in [0.29, 0.717) is 0 Å². The Kier molecular flexibility index (Phi) is 3.12. The molecule has 0 fully saturated rings. The summed E-state index contributed by atoms with van der Waals surface area (Å²) in [4.78, 5) is 13.1. The van der Waals surface area contributed by atoms with E-state index in [9.17, 15) is 4.79 Å². The van der Waals surface area contributed by atoms with Crippen LogP contribution in [0.3, 0.4) is 0 Å². The Labute approximate surface area is 61.9 Å². The van der Waals surface area contributed by atoms with Crippen molar-refractivity contribution < 1.29 is 9.90 Å². The Morgan fingerprint density at radius 1 is 1.60 bits per heavy atom. The lowest BCUT2D eigenvalue weighted by molar-refractivity contribution is 0.200. The molecule has 0 aliphatic heterocycles. The van der Waals surface area contributed by atoms with Crippen LogP contribution < -0.4 is 16.8 Å². The summed E-state index contributed by atoms with van der Waals surface area (Å²) in [6.07, 6.45) is -1.31. The van der Waals surface area contributed by atoms with Crippen LogP contribution in [0.4, 0.5) is 4.79 Å². The molecular weight excluding hydrogens is 156 g/mol. The molecule has 1 amide bonds. The van der Waals surface area contributed by atoms with Crippen LogP contribution in [-0.2, 0) is 0 Å². The van der Waals surface area contributed by atoms with Gasteiger partial charge in [-0.25, -0.2) is 4.79 Å². The summed E-state index contributed by atoms with van der Waals surface area (Å²) >= 11 is 4.30. The van der Waals surface area contributed by atoms with Crippen molar-refractivity contribution in [1.29, 1.82) is 0 Å². The molecule has 0 saturated carbocycles. The monoisotopic (exact) mass is 162 g/mol. The standard InChI is InChI=1S/C3H6N4O2S/c4-1(6-2(5)10)7-3(8)9/h(H,8,9)(H5,4,5,6,7,10). The fraction of sp³-hybridized carbons (Fsp3) is 0. The minimum Gasteiger partial charge on any atom is -0.465 e. The van der Waals surface area contributed by atoms with Gasteiger partial charge in [0.2, 0.25) is 5.96 Å². The molecule has 0 atom stereocenters. The Balaban J connectivity index is 3.95. The van der Waals surface area contributed by atoms with Crippen molar-refractivity contribution in [3.05, 3.63) is 0 Å². The molecule has 0 aromatic carbocycles. The molecular formula is C3H6N4O2S. The lowest BCUT2D eigenvalue weighted by atomic mass is 10.9. The summed E-state index contributed by atoms with van der Waals surface area (Å²) in [5.41, 5.74) is 9.87. The number of nitrogens with one attached hydrogen (secondary N) is 1. The molecule has 0 spiro atoms. The minimum absolute atomic E-state index is 0.216. The van der Waals surface area contributed by atoms with Gasteiger partial charge in [0.1, 0.15) is 0 Å². The smallest absolute Gasteiger partial charge is 0.411 e. The van der Waals surface area contributed by atoms with E-state index in [4.69, 9.17) is 16.6 Å². The van der Waals surface area contributed by atoms with Crippen molar-refractivity contribution in [1.82, 2.24) is 5.32 Å². The molecule has 0 rings (SSSR count). The summed E-state index contributed by atoms with van der Waals surface area (Å²) < 4.78 is 0. The van der Waals surface area contributed by atoms with E-state index in [1.165, 1.54) is 0 Å². The molecule has 56 valence electrons. The van der Waals surface area contributed by atoms with Crippen LogP contribution in [0, 0.1) is 0 Å². The molecule has 6 nitrogen and oxygen atoms in total. The molecule has 10 heavy (non-hydrogen) atoms. The highest BCUT2D eigenvalue weighted by molar-refractivity contribution is 7.80. The molecule has 0 bridgehead atoms. The van der Waals surface area contributed by atoms with Gasteiger partial charge < -0.3 is 16.6 Å². The van der Waals surface area contributed by atoms with Crippen LogP contribution in [-0.4, -0.2) is 22.3 Å². The average Bonchev–Trinajstić information content (AvgIpc) is 1.58. The molecule has 7 heteroatoms. The first kappa shape index (κ1) is 8.63. The number of nitrogens with zero attached hydrogens (tertiary/aromatic N) is 1. The van der Waals surface area contributed by atoms with E-state index in [1.807, 2.05) is 0 Å². The molecule has 0 saturated heterocycles. The van der Waals surface area contributed by atoms with Crippen LogP contribution in [0.5, 0.6) is 0 Å². The zero-order valence-electron chi connectivity index (χ0n) is 4.87. The van der Waals surface area contributed by atoms with E-state index < -0.39 is 6.09 Å². The molecule has 0 heterocycles. The number of thiocarbonyl (C=S) groups is 1. The highest BCUT2D eigenvalue weighted by Gasteiger charge is 1.96. The van der Waals surface area contributed by atoms with E-state index >= 15 is 0 Å². The van der Waals surface area contributed by atoms with E-state index in [-0.39, 0.29) is 11.1 Å². The second kappa shape index (κ2) is 3.62. The SMILES string of the molecule is NC(=S)N=C(N)NC(=O)O. The van der Waals surface area contributed by atoms with E-state index in [1.54, 1.807) is 5.32 Å². The topological polar surface area (TPSA) is 114 Å². The van der Waals surface area contributed by atoms with Gasteiger partial charge in [0.25, 0.3) is 0 Å². The highest BCUT2D eigenvalue weighted by Crippen LogP contribution is 1.68. The zero-order valence-corrected chi connectivity index (χ0v) is 5.68. The molecule has 0 aliphatic carbocycles. The maximum absolute atomic E-state index is 9.84. The molecule has 0 unspecified atom stereocenters. The summed E-state index contributed by atoms with van der Waals surface area (Å²) in [5.74, 6) is -0.333. The van der Waals surface area contributed by atoms with Crippen molar-refractivity contribution in [3.8, 4) is 0 Å². The summed E-state index contributed by atoms with van der Waals surface area (Å²) in [7, 11) is 0. The highest BCUT2D eigenvalue weighted by atomic mass is 32.1. The number of amides is 1. The number of carboxylic acid groups (broad SMARTS) is 1. The quantitative estimate of drug-likeness (QED) is 0.203. The number of hydrogen-bond acceptors (Lipinski definition) is 2. The van der Waals surface area contributed by atoms with Crippen molar-refractivity contribution in [2.75, 3.05) is 0 Å². The summed E-state index contributed by atoms with van der Waals surface area (Å²) in [6.45, 7) is 0. The number of rotatable bonds is 0. The van der Waals surface area contributed by atoms with Gasteiger partial charge in [-0.05, 0) is 12.2 Å². The predicted octanol–water partition coefficient (Wildman–Crippen LogP) is -1.19. The van der Waals surface area contributed by atoms with Crippen LogP contribution in [0.1, 0.15) is 0 Å². The van der Waals surface area contributed by atoms with Crippen molar-refractivity contribution in [2.24, 2.45) is 16.5 Å². The van der Waals surface area contributed by atoms with Gasteiger partial charge in [0.05, 0.1) is 0 Å². The van der Waals surface area contributed by atoms with Gasteiger partial charge >= 0.3 is 6.09 Å². The second-order valence-corrected chi connectivity index (χ2v) is 1.68. The Morgan fingerprint density at radius 3 is 2.40 bits per heavy atom. The Morgan fingerprint density at radius 2 is 2.10 bits per heavy atom. The number of aliphatic imine (C=N–C) groups is 1. The fourth-order valence-corrected chi connectivity index (χ4v) is 0.355. The summed E-state index contributed by atoms with van der Waals surface area (Å²) in [6, 6.07) is 0. The van der Waals surface area contributed by atoms with Gasteiger partial charge in [0.15, 0.2) is 5.11 Å². The Bertz CT molecular complexity index is 189. The maximum Gasteiger partial charge on any atom is 0.411 e. The first-order valence-electron chi connectivity index (χ1n) is 2.16. The normalized spacial score (nSPS) is 10.6. The zero-order chi connectivity index (χ0) is 8.15. The molecule has 0 aliphatic rings. The lowest BCUT2D eigenvalue weighted by Gasteiger charge is -1.95. The molecule has 6 N–H and O–H groups in total. The largest absolute Gasteiger partial charge is 0.465 e. The second-order valence-electron chi connectivity index (χ2n) is 1.27.